The second-order valence-corrected chi connectivity index (χ2v) is 5.10. The smallest absolute Gasteiger partial charge is 0.0628 e. The minimum Gasteiger partial charge on any atom is -0.316 e. The summed E-state index contributed by atoms with van der Waals surface area (Å²) in [6.07, 6.45) is 2.07. The van der Waals surface area contributed by atoms with Gasteiger partial charge in [-0.1, -0.05) is 17.7 Å². The van der Waals surface area contributed by atoms with Crippen LogP contribution in [0.15, 0.2) is 60.1 Å². The number of hydrogen-bond acceptors (Lipinski definition) is 1. The van der Waals surface area contributed by atoms with Crippen LogP contribution in [0.3, 0.4) is 0 Å². The van der Waals surface area contributed by atoms with Crippen LogP contribution >= 0.6 is 22.9 Å². The Balaban J connectivity index is 2.10. The molecule has 0 aliphatic heterocycles. The summed E-state index contributed by atoms with van der Waals surface area (Å²) in [5.41, 5.74) is 2.34. The quantitative estimate of drug-likeness (QED) is 0.619. The van der Waals surface area contributed by atoms with Gasteiger partial charge in [0.05, 0.1) is 10.6 Å². The molecule has 3 rings (SSSR count). The summed E-state index contributed by atoms with van der Waals surface area (Å²) in [6, 6.07) is 16.3. The van der Waals surface area contributed by atoms with Gasteiger partial charge < -0.3 is 4.57 Å². The predicted molar refractivity (Wildman–Crippen MR) is 74.1 cm³/mol. The van der Waals surface area contributed by atoms with Gasteiger partial charge in [-0.05, 0) is 47.8 Å². The van der Waals surface area contributed by atoms with E-state index in [9.17, 15) is 0 Å². The Morgan fingerprint density at radius 1 is 0.941 bits per heavy atom. The summed E-state index contributed by atoms with van der Waals surface area (Å²) in [5, 5.41) is 2.85. The first-order valence-corrected chi connectivity index (χ1v) is 6.57. The highest BCUT2D eigenvalue weighted by molar-refractivity contribution is 7.13. The Kier molecular flexibility index (Phi) is 2.75. The van der Waals surface area contributed by atoms with Gasteiger partial charge in [0.1, 0.15) is 0 Å². The maximum atomic E-state index is 5.91. The lowest BCUT2D eigenvalue weighted by atomic mass is 10.3. The Labute approximate surface area is 109 Å². The molecule has 0 saturated heterocycles. The molecule has 0 aliphatic carbocycles. The fraction of sp³-hybridized carbons (Fsp3) is 0. The van der Waals surface area contributed by atoms with Crippen molar-refractivity contribution in [1.82, 2.24) is 4.57 Å². The number of nitrogens with zero attached hydrogens (tertiary/aromatic N) is 1. The normalized spacial score (nSPS) is 10.6. The lowest BCUT2D eigenvalue weighted by molar-refractivity contribution is 1.09. The van der Waals surface area contributed by atoms with Crippen molar-refractivity contribution in [1.29, 1.82) is 0 Å². The summed E-state index contributed by atoms with van der Waals surface area (Å²) in [7, 11) is 0. The largest absolute Gasteiger partial charge is 0.316 e. The van der Waals surface area contributed by atoms with Crippen LogP contribution in [0.25, 0.3) is 16.3 Å². The fourth-order valence-electron chi connectivity index (χ4n) is 1.83. The number of thiophene rings is 1. The first-order valence-electron chi connectivity index (χ1n) is 5.32. The van der Waals surface area contributed by atoms with Crippen LogP contribution < -0.4 is 0 Å². The molecule has 0 bridgehead atoms. The molecule has 0 aliphatic rings. The summed E-state index contributed by atoms with van der Waals surface area (Å²) in [6.45, 7) is 0. The third kappa shape index (κ3) is 2.02. The second-order valence-electron chi connectivity index (χ2n) is 3.72. The highest BCUT2D eigenvalue weighted by Crippen LogP contribution is 2.28. The molecule has 3 heteroatoms. The minimum absolute atomic E-state index is 0.763. The van der Waals surface area contributed by atoms with Crippen molar-refractivity contribution in [2.24, 2.45) is 0 Å². The lowest BCUT2D eigenvalue weighted by Gasteiger charge is -2.07. The summed E-state index contributed by atoms with van der Waals surface area (Å²) in [5.74, 6) is 0. The van der Waals surface area contributed by atoms with Gasteiger partial charge in [0.2, 0.25) is 0 Å². The zero-order chi connectivity index (χ0) is 11.7. The van der Waals surface area contributed by atoms with Crippen molar-refractivity contribution in [3.63, 3.8) is 0 Å². The van der Waals surface area contributed by atoms with Crippen molar-refractivity contribution in [3.8, 4) is 16.3 Å². The van der Waals surface area contributed by atoms with Gasteiger partial charge in [-0.2, -0.15) is 0 Å². The summed E-state index contributed by atoms with van der Waals surface area (Å²) >= 11 is 7.65. The SMILES string of the molecule is Clc1ccc(-n2cccc2-c2cccs2)cc1. The van der Waals surface area contributed by atoms with Gasteiger partial charge in [-0.3, -0.25) is 0 Å². The Morgan fingerprint density at radius 2 is 1.76 bits per heavy atom. The van der Waals surface area contributed by atoms with E-state index in [4.69, 9.17) is 11.6 Å². The van der Waals surface area contributed by atoms with E-state index >= 15 is 0 Å². The van der Waals surface area contributed by atoms with Crippen LogP contribution in [0.2, 0.25) is 5.02 Å². The van der Waals surface area contributed by atoms with Crippen molar-refractivity contribution in [3.05, 3.63) is 65.1 Å². The van der Waals surface area contributed by atoms with Crippen LogP contribution in [0.1, 0.15) is 0 Å². The molecular formula is C14H10ClNS. The lowest BCUT2D eigenvalue weighted by Crippen LogP contribution is -1.93. The van der Waals surface area contributed by atoms with Gasteiger partial charge in [0, 0.05) is 16.9 Å². The third-order valence-corrected chi connectivity index (χ3v) is 3.77. The molecule has 0 fully saturated rings. The monoisotopic (exact) mass is 259 g/mol. The fourth-order valence-corrected chi connectivity index (χ4v) is 2.71. The van der Waals surface area contributed by atoms with E-state index in [1.807, 2.05) is 24.3 Å². The van der Waals surface area contributed by atoms with E-state index in [0.29, 0.717) is 0 Å². The van der Waals surface area contributed by atoms with Crippen molar-refractivity contribution >= 4 is 22.9 Å². The first kappa shape index (κ1) is 10.6. The molecule has 0 unspecified atom stereocenters. The van der Waals surface area contributed by atoms with Gasteiger partial charge >= 0.3 is 0 Å². The van der Waals surface area contributed by atoms with Gasteiger partial charge in [-0.25, -0.2) is 0 Å². The van der Waals surface area contributed by atoms with Gasteiger partial charge in [-0.15, -0.1) is 11.3 Å². The average Bonchev–Trinajstić information content (AvgIpc) is 3.00. The molecule has 0 N–H and O–H groups in total. The average molecular weight is 260 g/mol. The minimum atomic E-state index is 0.763. The number of benzene rings is 1. The summed E-state index contributed by atoms with van der Waals surface area (Å²) in [4.78, 5) is 1.27. The zero-order valence-electron chi connectivity index (χ0n) is 9.01. The van der Waals surface area contributed by atoms with Crippen molar-refractivity contribution in [2.45, 2.75) is 0 Å². The van der Waals surface area contributed by atoms with E-state index in [-0.39, 0.29) is 0 Å². The zero-order valence-corrected chi connectivity index (χ0v) is 10.6. The van der Waals surface area contributed by atoms with Crippen LogP contribution in [0, 0.1) is 0 Å². The highest BCUT2D eigenvalue weighted by atomic mass is 35.5. The van der Waals surface area contributed by atoms with E-state index in [1.54, 1.807) is 11.3 Å². The second kappa shape index (κ2) is 4.40. The first-order chi connectivity index (χ1) is 8.34. The molecule has 1 nitrogen and oxygen atoms in total. The number of aromatic nitrogens is 1. The number of hydrogen-bond donors (Lipinski definition) is 0. The van der Waals surface area contributed by atoms with Crippen LogP contribution in [0.4, 0.5) is 0 Å². The van der Waals surface area contributed by atoms with Gasteiger partial charge in [0.25, 0.3) is 0 Å². The molecule has 1 aromatic carbocycles. The van der Waals surface area contributed by atoms with Crippen LogP contribution in [-0.4, -0.2) is 4.57 Å². The van der Waals surface area contributed by atoms with E-state index < -0.39 is 0 Å². The summed E-state index contributed by atoms with van der Waals surface area (Å²) < 4.78 is 2.17. The third-order valence-electron chi connectivity index (χ3n) is 2.63. The molecule has 17 heavy (non-hydrogen) atoms. The Morgan fingerprint density at radius 3 is 2.47 bits per heavy atom. The molecular weight excluding hydrogens is 250 g/mol. The highest BCUT2D eigenvalue weighted by Gasteiger charge is 2.06. The number of halogens is 1. The Hall–Kier alpha value is -1.51. The van der Waals surface area contributed by atoms with Crippen LogP contribution in [-0.2, 0) is 0 Å². The molecule has 0 amide bonds. The predicted octanol–water partition coefficient (Wildman–Crippen LogP) is 4.86. The molecule has 0 saturated carbocycles. The van der Waals surface area contributed by atoms with Crippen LogP contribution in [0.5, 0.6) is 0 Å². The maximum absolute atomic E-state index is 5.91. The Bertz CT molecular complexity index is 608. The van der Waals surface area contributed by atoms with E-state index in [2.05, 4.69) is 40.4 Å². The molecule has 2 heterocycles. The molecule has 84 valence electrons. The molecule has 0 spiro atoms. The van der Waals surface area contributed by atoms with E-state index in [0.717, 1.165) is 10.7 Å². The molecule has 3 aromatic rings. The number of rotatable bonds is 2. The van der Waals surface area contributed by atoms with Gasteiger partial charge in [0.15, 0.2) is 0 Å². The molecule has 2 aromatic heterocycles. The van der Waals surface area contributed by atoms with Crippen molar-refractivity contribution < 1.29 is 0 Å². The molecule has 0 atom stereocenters. The topological polar surface area (TPSA) is 4.93 Å². The van der Waals surface area contributed by atoms with E-state index in [1.165, 1.54) is 10.6 Å². The maximum Gasteiger partial charge on any atom is 0.0628 e. The van der Waals surface area contributed by atoms with Crippen molar-refractivity contribution in [2.75, 3.05) is 0 Å². The standard InChI is InChI=1S/C14H10ClNS/c15-11-5-7-12(8-6-11)16-9-1-3-13(16)14-4-2-10-17-14/h1-10H. The molecule has 0 radical (unpaired) electrons.